The predicted octanol–water partition coefficient (Wildman–Crippen LogP) is 2.48. The van der Waals surface area contributed by atoms with E-state index < -0.39 is 16.1 Å². The van der Waals surface area contributed by atoms with Gasteiger partial charge in [-0.05, 0) is 43.9 Å². The predicted molar refractivity (Wildman–Crippen MR) is 113 cm³/mol. The first kappa shape index (κ1) is 22.5. The van der Waals surface area contributed by atoms with Crippen LogP contribution in [0.5, 0.6) is 5.75 Å². The summed E-state index contributed by atoms with van der Waals surface area (Å²) in [6, 6.07) is 4.26. The quantitative estimate of drug-likeness (QED) is 0.664. The molecule has 1 N–H and O–H groups in total. The van der Waals surface area contributed by atoms with Crippen molar-refractivity contribution < 1.29 is 23.1 Å². The number of rotatable bonds is 6. The van der Waals surface area contributed by atoms with Gasteiger partial charge in [0.1, 0.15) is 16.7 Å². The fraction of sp³-hybridized carbons (Fsp3) is 0.650. The van der Waals surface area contributed by atoms with Crippen LogP contribution in [0.1, 0.15) is 33.1 Å². The number of nitrogens with zero attached hydrogens (tertiary/aromatic N) is 2. The van der Waals surface area contributed by atoms with Crippen molar-refractivity contribution in [3.05, 3.63) is 22.7 Å². The maximum Gasteiger partial charge on any atom is 0.247 e. The lowest BCUT2D eigenvalue weighted by Gasteiger charge is -2.37. The highest BCUT2D eigenvalue weighted by Gasteiger charge is 2.38. The summed E-state index contributed by atoms with van der Waals surface area (Å²) in [7, 11) is -2.06. The third-order valence-corrected chi connectivity index (χ3v) is 8.18. The number of carbonyl (C=O) groups is 1. The minimum absolute atomic E-state index is 0.0739. The molecule has 1 aromatic rings. The molecule has 1 heterocycles. The van der Waals surface area contributed by atoms with Gasteiger partial charge in [-0.15, -0.1) is 0 Å². The Morgan fingerprint density at radius 1 is 1.41 bits per heavy atom. The van der Waals surface area contributed by atoms with Crippen LogP contribution in [-0.4, -0.2) is 67.5 Å². The lowest BCUT2D eigenvalue weighted by Crippen LogP contribution is -2.50. The Morgan fingerprint density at radius 2 is 2.10 bits per heavy atom. The molecule has 1 aliphatic heterocycles. The van der Waals surface area contributed by atoms with Gasteiger partial charge in [0.05, 0.1) is 13.2 Å². The van der Waals surface area contributed by atoms with Gasteiger partial charge in [0, 0.05) is 36.4 Å². The number of hydrogen-bond acceptors (Lipinski definition) is 5. The summed E-state index contributed by atoms with van der Waals surface area (Å²) >= 11 is 3.38. The molecule has 0 aromatic heterocycles. The van der Waals surface area contributed by atoms with Crippen LogP contribution in [0.15, 0.2) is 27.6 Å². The number of hydrogen-bond donors (Lipinski definition) is 1. The number of likely N-dealkylation sites (N-methyl/N-ethyl adjacent to an activating group) is 1. The number of aliphatic hydroxyl groups excluding tert-OH is 1. The van der Waals surface area contributed by atoms with E-state index in [0.29, 0.717) is 23.4 Å². The third-order valence-electron chi connectivity index (χ3n) is 5.67. The molecular weight excluding hydrogens is 460 g/mol. The molecule has 9 heteroatoms. The fourth-order valence-electron chi connectivity index (χ4n) is 3.51. The van der Waals surface area contributed by atoms with Crippen LogP contribution >= 0.6 is 15.9 Å². The van der Waals surface area contributed by atoms with Crippen LogP contribution in [0.2, 0.25) is 0 Å². The van der Waals surface area contributed by atoms with Crippen LogP contribution in [-0.2, 0) is 14.8 Å². The second kappa shape index (κ2) is 8.91. The number of carbonyl (C=O) groups excluding carboxylic acids is 1. The Kier molecular flexibility index (Phi) is 6.92. The lowest BCUT2D eigenvalue weighted by molar-refractivity contribution is -0.131. The van der Waals surface area contributed by atoms with Gasteiger partial charge in [0.25, 0.3) is 0 Å². The summed E-state index contributed by atoms with van der Waals surface area (Å²) in [6.07, 6.45) is 2.41. The van der Waals surface area contributed by atoms with Crippen molar-refractivity contribution >= 4 is 31.9 Å². The fourth-order valence-corrected chi connectivity index (χ4v) is 5.68. The SMILES string of the molecule is C[C@H](CO)N1C[C@H](C)[C@H](CN(C)C(=O)CC2CC2)Oc2cc(Br)ccc2S1(=O)=O. The molecule has 7 nitrogen and oxygen atoms in total. The Balaban J connectivity index is 1.92. The summed E-state index contributed by atoms with van der Waals surface area (Å²) in [5, 5.41) is 9.64. The first-order valence-electron chi connectivity index (χ1n) is 9.96. The average molecular weight is 489 g/mol. The van der Waals surface area contributed by atoms with Crippen molar-refractivity contribution in [3.8, 4) is 5.75 Å². The molecule has 1 amide bonds. The van der Waals surface area contributed by atoms with Gasteiger partial charge in [0.2, 0.25) is 15.9 Å². The van der Waals surface area contributed by atoms with Crippen molar-refractivity contribution in [2.24, 2.45) is 11.8 Å². The van der Waals surface area contributed by atoms with E-state index in [2.05, 4.69) is 15.9 Å². The van der Waals surface area contributed by atoms with Crippen molar-refractivity contribution in [1.29, 1.82) is 0 Å². The molecule has 1 saturated carbocycles. The zero-order valence-electron chi connectivity index (χ0n) is 17.0. The highest BCUT2D eigenvalue weighted by Crippen LogP contribution is 2.36. The molecule has 2 aliphatic rings. The van der Waals surface area contributed by atoms with E-state index in [1.807, 2.05) is 6.92 Å². The van der Waals surface area contributed by atoms with Gasteiger partial charge in [0.15, 0.2) is 0 Å². The molecule has 0 spiro atoms. The third kappa shape index (κ3) is 5.13. The molecule has 0 saturated heterocycles. The van der Waals surface area contributed by atoms with Gasteiger partial charge < -0.3 is 14.7 Å². The summed E-state index contributed by atoms with van der Waals surface area (Å²) in [4.78, 5) is 14.2. The number of ether oxygens (including phenoxy) is 1. The van der Waals surface area contributed by atoms with Gasteiger partial charge in [-0.1, -0.05) is 22.9 Å². The monoisotopic (exact) mass is 488 g/mol. The number of halogens is 1. The van der Waals surface area contributed by atoms with E-state index in [9.17, 15) is 18.3 Å². The molecule has 0 radical (unpaired) electrons. The molecule has 29 heavy (non-hydrogen) atoms. The Bertz CT molecular complexity index is 858. The van der Waals surface area contributed by atoms with Crippen LogP contribution in [0, 0.1) is 11.8 Å². The number of aliphatic hydroxyl groups is 1. The molecule has 3 rings (SSSR count). The Labute approximate surface area is 181 Å². The Hall–Kier alpha value is -1.16. The van der Waals surface area contributed by atoms with Crippen molar-refractivity contribution in [2.75, 3.05) is 26.7 Å². The highest BCUT2D eigenvalue weighted by atomic mass is 79.9. The molecular formula is C20H29BrN2O5S. The second-order valence-electron chi connectivity index (χ2n) is 8.25. The average Bonchev–Trinajstić information content (AvgIpc) is 3.47. The lowest BCUT2D eigenvalue weighted by atomic mass is 10.0. The summed E-state index contributed by atoms with van der Waals surface area (Å²) in [6.45, 7) is 3.91. The molecule has 3 atom stereocenters. The maximum atomic E-state index is 13.3. The summed E-state index contributed by atoms with van der Waals surface area (Å²) in [5.41, 5.74) is 0. The van der Waals surface area contributed by atoms with Gasteiger partial charge in [-0.25, -0.2) is 8.42 Å². The number of benzene rings is 1. The molecule has 162 valence electrons. The highest BCUT2D eigenvalue weighted by molar-refractivity contribution is 9.10. The van der Waals surface area contributed by atoms with Crippen LogP contribution < -0.4 is 4.74 Å². The van der Waals surface area contributed by atoms with E-state index in [4.69, 9.17) is 4.74 Å². The molecule has 1 fully saturated rings. The zero-order chi connectivity index (χ0) is 21.3. The standard InChI is InChI=1S/C20H29BrN2O5S/c1-13-10-23(14(2)12-24)29(26,27)19-7-6-16(21)9-17(19)28-18(13)11-22(3)20(25)8-15-4-5-15/h6-7,9,13-15,18,24H,4-5,8,10-12H2,1-3H3/t13-,14+,18-/m0/s1. The normalized spacial score (nSPS) is 25.3. The van der Waals surface area contributed by atoms with Crippen molar-refractivity contribution in [2.45, 2.75) is 50.2 Å². The van der Waals surface area contributed by atoms with Gasteiger partial charge in [-0.3, -0.25) is 4.79 Å². The van der Waals surface area contributed by atoms with Crippen LogP contribution in [0.4, 0.5) is 0 Å². The van der Waals surface area contributed by atoms with Crippen LogP contribution in [0.3, 0.4) is 0 Å². The van der Waals surface area contributed by atoms with Crippen molar-refractivity contribution in [1.82, 2.24) is 9.21 Å². The van der Waals surface area contributed by atoms with E-state index in [1.54, 1.807) is 31.0 Å². The zero-order valence-corrected chi connectivity index (χ0v) is 19.4. The van der Waals surface area contributed by atoms with E-state index >= 15 is 0 Å². The van der Waals surface area contributed by atoms with E-state index in [0.717, 1.165) is 12.8 Å². The van der Waals surface area contributed by atoms with Gasteiger partial charge >= 0.3 is 0 Å². The molecule has 0 unspecified atom stereocenters. The van der Waals surface area contributed by atoms with E-state index in [1.165, 1.54) is 10.4 Å². The second-order valence-corrected chi connectivity index (χ2v) is 11.0. The van der Waals surface area contributed by atoms with Gasteiger partial charge in [-0.2, -0.15) is 4.31 Å². The maximum absolute atomic E-state index is 13.3. The number of amides is 1. The minimum atomic E-state index is -3.83. The van der Waals surface area contributed by atoms with Crippen molar-refractivity contribution in [3.63, 3.8) is 0 Å². The first-order chi connectivity index (χ1) is 13.6. The molecule has 1 aliphatic carbocycles. The summed E-state index contributed by atoms with van der Waals surface area (Å²) in [5.74, 6) is 0.674. The largest absolute Gasteiger partial charge is 0.487 e. The molecule has 1 aromatic carbocycles. The van der Waals surface area contributed by atoms with E-state index in [-0.39, 0.29) is 41.7 Å². The van der Waals surface area contributed by atoms with Crippen LogP contribution in [0.25, 0.3) is 0 Å². The molecule has 0 bridgehead atoms. The topological polar surface area (TPSA) is 87.2 Å². The number of sulfonamides is 1. The smallest absolute Gasteiger partial charge is 0.247 e. The first-order valence-corrected chi connectivity index (χ1v) is 12.2. The summed E-state index contributed by atoms with van der Waals surface area (Å²) < 4.78 is 34.7. The Morgan fingerprint density at radius 3 is 2.72 bits per heavy atom. The number of fused-ring (bicyclic) bond motifs is 1. The minimum Gasteiger partial charge on any atom is -0.487 e.